The maximum absolute atomic E-state index is 12.2. The summed E-state index contributed by atoms with van der Waals surface area (Å²) in [6.45, 7) is 13.7. The van der Waals surface area contributed by atoms with E-state index >= 15 is 0 Å². The number of amides is 2. The Labute approximate surface area is 178 Å². The first-order valence-corrected chi connectivity index (χ1v) is 9.66. The van der Waals surface area contributed by atoms with Crippen LogP contribution >= 0.6 is 24.4 Å². The van der Waals surface area contributed by atoms with Gasteiger partial charge in [0, 0.05) is 13.8 Å². The second-order valence-electron chi connectivity index (χ2n) is 8.11. The molecule has 0 aromatic carbocycles. The van der Waals surface area contributed by atoms with Crippen LogP contribution in [-0.2, 0) is 18.9 Å². The minimum absolute atomic E-state index is 0.00508. The standard InChI is InChI=1S/C18H32N2O6S2/c1-11(27)23-9-13(19-15(21)25-17(3,4)5)14(10-24-12(2)28)20-16(22)26-18(6,7)8/h13-14H,9-10H2,1-8H3,(H,19,21)(H,20,22). The molecule has 2 amide bonds. The Morgan fingerprint density at radius 3 is 1.25 bits per heavy atom. The molecule has 0 spiro atoms. The Hall–Kier alpha value is -1.68. The van der Waals surface area contributed by atoms with E-state index in [0.29, 0.717) is 10.1 Å². The van der Waals surface area contributed by atoms with E-state index in [2.05, 4.69) is 10.6 Å². The van der Waals surface area contributed by atoms with Crippen LogP contribution in [0, 0.1) is 0 Å². The number of thiocarbonyl (C=S) groups is 2. The van der Waals surface area contributed by atoms with Gasteiger partial charge in [-0.2, -0.15) is 0 Å². The molecule has 0 aliphatic rings. The first-order valence-electron chi connectivity index (χ1n) is 8.85. The number of ether oxygens (including phenoxy) is 4. The van der Waals surface area contributed by atoms with Crippen molar-refractivity contribution >= 4 is 46.7 Å². The van der Waals surface area contributed by atoms with Gasteiger partial charge in [0.25, 0.3) is 0 Å². The third-order valence-corrected chi connectivity index (χ3v) is 3.06. The number of carbonyl (C=O) groups excluding carboxylic acids is 2. The lowest BCUT2D eigenvalue weighted by Crippen LogP contribution is -2.57. The molecule has 0 heterocycles. The minimum Gasteiger partial charge on any atom is -0.485 e. The Kier molecular flexibility index (Phi) is 10.7. The third-order valence-electron chi connectivity index (χ3n) is 2.82. The molecule has 0 fully saturated rings. The van der Waals surface area contributed by atoms with Crippen LogP contribution in [0.2, 0.25) is 0 Å². The maximum atomic E-state index is 12.2. The second-order valence-corrected chi connectivity index (χ2v) is 9.26. The summed E-state index contributed by atoms with van der Waals surface area (Å²) in [5.74, 6) is 0. The first-order chi connectivity index (χ1) is 12.6. The summed E-state index contributed by atoms with van der Waals surface area (Å²) in [6, 6.07) is -1.43. The smallest absolute Gasteiger partial charge is 0.408 e. The zero-order chi connectivity index (χ0) is 22.1. The highest BCUT2D eigenvalue weighted by atomic mass is 32.1. The SMILES string of the molecule is CC(=S)OCC(NC(=O)OC(C)(C)C)C(COC(C)=S)NC(=O)OC(C)(C)C. The molecule has 0 aromatic heterocycles. The van der Waals surface area contributed by atoms with Gasteiger partial charge in [0.2, 0.25) is 0 Å². The fourth-order valence-electron chi connectivity index (χ4n) is 1.85. The zero-order valence-corrected chi connectivity index (χ0v) is 19.5. The van der Waals surface area contributed by atoms with Gasteiger partial charge >= 0.3 is 12.2 Å². The monoisotopic (exact) mass is 436 g/mol. The highest BCUT2D eigenvalue weighted by molar-refractivity contribution is 7.80. The number of hydrogen-bond acceptors (Lipinski definition) is 8. The highest BCUT2D eigenvalue weighted by Gasteiger charge is 2.30. The molecular formula is C18H32N2O6S2. The summed E-state index contributed by atoms with van der Waals surface area (Å²) >= 11 is 9.87. The molecular weight excluding hydrogens is 404 g/mol. The van der Waals surface area contributed by atoms with Crippen LogP contribution < -0.4 is 10.6 Å². The predicted molar refractivity (Wildman–Crippen MR) is 115 cm³/mol. The van der Waals surface area contributed by atoms with E-state index in [1.807, 2.05) is 0 Å². The lowest BCUT2D eigenvalue weighted by atomic mass is 10.1. The fourth-order valence-corrected chi connectivity index (χ4v) is 1.99. The molecule has 0 aliphatic carbocycles. The molecule has 28 heavy (non-hydrogen) atoms. The normalized spacial score (nSPS) is 13.6. The van der Waals surface area contributed by atoms with E-state index in [0.717, 1.165) is 0 Å². The average molecular weight is 437 g/mol. The van der Waals surface area contributed by atoms with Crippen LogP contribution in [0.1, 0.15) is 55.4 Å². The van der Waals surface area contributed by atoms with Gasteiger partial charge in [-0.05, 0) is 66.0 Å². The van der Waals surface area contributed by atoms with Gasteiger partial charge in [-0.15, -0.1) is 0 Å². The van der Waals surface area contributed by atoms with E-state index in [1.165, 1.54) is 0 Å². The Morgan fingerprint density at radius 1 is 0.750 bits per heavy atom. The van der Waals surface area contributed by atoms with Crippen molar-refractivity contribution in [1.29, 1.82) is 0 Å². The molecule has 0 saturated heterocycles. The van der Waals surface area contributed by atoms with Gasteiger partial charge in [-0.3, -0.25) is 0 Å². The van der Waals surface area contributed by atoms with Crippen LogP contribution in [0.3, 0.4) is 0 Å². The lowest BCUT2D eigenvalue weighted by molar-refractivity contribution is 0.0375. The summed E-state index contributed by atoms with van der Waals surface area (Å²) in [4.78, 5) is 24.5. The highest BCUT2D eigenvalue weighted by Crippen LogP contribution is 2.10. The van der Waals surface area contributed by atoms with E-state index in [9.17, 15) is 9.59 Å². The predicted octanol–water partition coefficient (Wildman–Crippen LogP) is 3.50. The zero-order valence-electron chi connectivity index (χ0n) is 17.8. The Balaban J connectivity index is 5.40. The van der Waals surface area contributed by atoms with Gasteiger partial charge in [-0.25, -0.2) is 9.59 Å². The summed E-state index contributed by atoms with van der Waals surface area (Å²) < 4.78 is 21.3. The summed E-state index contributed by atoms with van der Waals surface area (Å²) in [5.41, 5.74) is -1.38. The Morgan fingerprint density at radius 2 is 1.04 bits per heavy atom. The quantitative estimate of drug-likeness (QED) is 0.586. The largest absolute Gasteiger partial charge is 0.485 e. The molecule has 2 unspecified atom stereocenters. The van der Waals surface area contributed by atoms with Crippen molar-refractivity contribution in [3.63, 3.8) is 0 Å². The van der Waals surface area contributed by atoms with Crippen molar-refractivity contribution in [1.82, 2.24) is 10.6 Å². The number of hydrogen-bond donors (Lipinski definition) is 2. The molecule has 0 aliphatic heterocycles. The molecule has 0 saturated carbocycles. The molecule has 8 nitrogen and oxygen atoms in total. The van der Waals surface area contributed by atoms with Crippen molar-refractivity contribution in [2.45, 2.75) is 78.7 Å². The van der Waals surface area contributed by atoms with Gasteiger partial charge in [0.15, 0.2) is 10.1 Å². The summed E-state index contributed by atoms with van der Waals surface area (Å²) in [6.07, 6.45) is -1.34. The van der Waals surface area contributed by atoms with E-state index in [1.54, 1.807) is 55.4 Å². The van der Waals surface area contributed by atoms with E-state index in [4.69, 9.17) is 43.4 Å². The fraction of sp³-hybridized carbons (Fsp3) is 0.778. The second kappa shape index (κ2) is 11.4. The molecule has 2 atom stereocenters. The molecule has 0 radical (unpaired) electrons. The molecule has 0 bridgehead atoms. The molecule has 2 N–H and O–H groups in total. The van der Waals surface area contributed by atoms with E-state index < -0.39 is 35.5 Å². The van der Waals surface area contributed by atoms with Gasteiger partial charge in [0.05, 0.1) is 12.1 Å². The van der Waals surface area contributed by atoms with Crippen molar-refractivity contribution in [2.75, 3.05) is 13.2 Å². The minimum atomic E-state index is -0.713. The van der Waals surface area contributed by atoms with Gasteiger partial charge in [0.1, 0.15) is 24.4 Å². The molecule has 0 aromatic rings. The number of nitrogens with one attached hydrogen (secondary N) is 2. The van der Waals surface area contributed by atoms with Crippen LogP contribution in [0.5, 0.6) is 0 Å². The number of carbonyl (C=O) groups is 2. The first kappa shape index (κ1) is 26.3. The maximum Gasteiger partial charge on any atom is 0.408 e. The topological polar surface area (TPSA) is 95.1 Å². The van der Waals surface area contributed by atoms with Gasteiger partial charge < -0.3 is 29.6 Å². The van der Waals surface area contributed by atoms with Crippen LogP contribution in [0.4, 0.5) is 9.59 Å². The molecule has 10 heteroatoms. The van der Waals surface area contributed by atoms with Crippen molar-refractivity contribution < 1.29 is 28.5 Å². The van der Waals surface area contributed by atoms with Gasteiger partial charge in [-0.1, -0.05) is 0 Å². The lowest BCUT2D eigenvalue weighted by Gasteiger charge is -2.30. The summed E-state index contributed by atoms with van der Waals surface area (Å²) in [7, 11) is 0. The molecule has 162 valence electrons. The van der Waals surface area contributed by atoms with E-state index in [-0.39, 0.29) is 13.2 Å². The molecule has 0 rings (SSSR count). The van der Waals surface area contributed by atoms with Crippen LogP contribution in [0.15, 0.2) is 0 Å². The van der Waals surface area contributed by atoms with Crippen LogP contribution in [-0.4, -0.2) is 58.8 Å². The third kappa shape index (κ3) is 14.4. The van der Waals surface area contributed by atoms with Crippen molar-refractivity contribution in [2.24, 2.45) is 0 Å². The average Bonchev–Trinajstić information content (AvgIpc) is 2.43. The van der Waals surface area contributed by atoms with Crippen molar-refractivity contribution in [3.8, 4) is 0 Å². The Bertz CT molecular complexity index is 519. The number of alkyl carbamates (subject to hydrolysis) is 2. The number of rotatable bonds is 7. The van der Waals surface area contributed by atoms with Crippen LogP contribution in [0.25, 0.3) is 0 Å². The summed E-state index contributed by atoms with van der Waals surface area (Å²) in [5, 5.41) is 5.94. The van der Waals surface area contributed by atoms with Crippen molar-refractivity contribution in [3.05, 3.63) is 0 Å².